The summed E-state index contributed by atoms with van der Waals surface area (Å²) >= 11 is 4.33. The van der Waals surface area contributed by atoms with Crippen molar-refractivity contribution in [3.05, 3.63) is 19.6 Å². The smallest absolute Gasteiger partial charge is 0.279 e. The van der Waals surface area contributed by atoms with Crippen LogP contribution in [0.25, 0.3) is 0 Å². The summed E-state index contributed by atoms with van der Waals surface area (Å²) in [5.74, 6) is -1.23. The Bertz CT molecular complexity index is 1270. The Balaban J connectivity index is 1.71. The number of hydrogen-bond acceptors (Lipinski definition) is 10. The van der Waals surface area contributed by atoms with Crippen molar-refractivity contribution in [2.75, 3.05) is 13.1 Å². The largest absolute Gasteiger partial charge is 0.505 e. The molecule has 202 valence electrons. The molecular weight excluding hydrogens is 563 g/mol. The van der Waals surface area contributed by atoms with Gasteiger partial charge >= 0.3 is 0 Å². The van der Waals surface area contributed by atoms with Crippen molar-refractivity contribution >= 4 is 64.6 Å². The van der Waals surface area contributed by atoms with Crippen LogP contribution in [0.2, 0.25) is 0 Å². The number of phenolic OH excluding ortho intramolecular Hbond substituents is 2. The predicted molar refractivity (Wildman–Crippen MR) is 151 cm³/mol. The lowest BCUT2D eigenvalue weighted by Gasteiger charge is -2.27. The molecule has 0 radical (unpaired) electrons. The molecule has 3 aliphatic heterocycles. The van der Waals surface area contributed by atoms with Crippen LogP contribution in [0.4, 0.5) is 0 Å². The Morgan fingerprint density at radius 2 is 1.26 bits per heavy atom. The highest BCUT2D eigenvalue weighted by Gasteiger charge is 2.45. The van der Waals surface area contributed by atoms with Crippen LogP contribution in [0.3, 0.4) is 0 Å². The quantitative estimate of drug-likeness (QED) is 0.163. The van der Waals surface area contributed by atoms with Crippen LogP contribution in [-0.2, 0) is 14.4 Å². The first-order valence-electron chi connectivity index (χ1n) is 12.4. The van der Waals surface area contributed by atoms with Crippen molar-refractivity contribution in [2.45, 2.75) is 79.9 Å². The fourth-order valence-corrected chi connectivity index (χ4v) is 9.29. The maximum absolute atomic E-state index is 13.4. The van der Waals surface area contributed by atoms with Crippen molar-refractivity contribution in [3.8, 4) is 17.6 Å². The zero-order valence-corrected chi connectivity index (χ0v) is 25.1. The number of benzene rings is 1. The minimum atomic E-state index is -0.761. The van der Waals surface area contributed by atoms with Crippen LogP contribution in [0.1, 0.15) is 60.3 Å². The summed E-state index contributed by atoms with van der Waals surface area (Å²) in [6.45, 7) is 10.1. The Labute approximate surface area is 239 Å². The Kier molecular flexibility index (Phi) is 8.43. The van der Waals surface area contributed by atoms with Gasteiger partial charge in [0, 0.05) is 18.5 Å². The molecule has 0 saturated carbocycles. The number of unbranched alkanes of at least 4 members (excludes halogenated alkanes) is 2. The van der Waals surface area contributed by atoms with Gasteiger partial charge in [-0.1, -0.05) is 94.5 Å². The molecule has 0 bridgehead atoms. The zero-order valence-electron chi connectivity index (χ0n) is 21.8. The average molecular weight is 592 g/mol. The van der Waals surface area contributed by atoms with Gasteiger partial charge in [-0.05, 0) is 12.8 Å². The van der Waals surface area contributed by atoms with Crippen molar-refractivity contribution in [2.24, 2.45) is 5.41 Å². The monoisotopic (exact) mass is 591 g/mol. The van der Waals surface area contributed by atoms with Crippen molar-refractivity contribution < 1.29 is 24.6 Å². The number of phenols is 2. The molecule has 0 unspecified atom stereocenters. The van der Waals surface area contributed by atoms with E-state index >= 15 is 0 Å². The lowest BCUT2D eigenvalue weighted by atomic mass is 9.87. The first kappa shape index (κ1) is 28.8. The highest BCUT2D eigenvalue weighted by atomic mass is 32.2. The summed E-state index contributed by atoms with van der Waals surface area (Å²) in [7, 11) is 0. The third-order valence-corrected chi connectivity index (χ3v) is 11.3. The van der Waals surface area contributed by atoms with E-state index in [1.165, 1.54) is 10.0 Å². The molecule has 3 aliphatic rings. The predicted octanol–water partition coefficient (Wildman–Crippen LogP) is 6.24. The number of ketones is 1. The molecule has 0 aromatic heterocycles. The topological polar surface area (TPSA) is 122 Å². The van der Waals surface area contributed by atoms with E-state index in [-0.39, 0.29) is 40.2 Å². The van der Waals surface area contributed by atoms with E-state index < -0.39 is 5.41 Å². The molecule has 1 aromatic carbocycles. The van der Waals surface area contributed by atoms with E-state index in [2.05, 4.69) is 0 Å². The number of nitriles is 1. The fourth-order valence-electron chi connectivity index (χ4n) is 4.00. The summed E-state index contributed by atoms with van der Waals surface area (Å²) in [5, 5.41) is 35.1. The normalized spacial score (nSPS) is 16.9. The number of rotatable bonds is 7. The number of carbonyl (C=O) groups excluding carboxylic acids is 3. The van der Waals surface area contributed by atoms with Gasteiger partial charge in [-0.3, -0.25) is 14.4 Å². The van der Waals surface area contributed by atoms with Crippen LogP contribution in [0, 0.1) is 16.7 Å². The average Bonchev–Trinajstić information content (AvgIpc) is 3.55. The minimum absolute atomic E-state index is 0.00716. The van der Waals surface area contributed by atoms with E-state index in [1.54, 1.807) is 20.8 Å². The Morgan fingerprint density at radius 3 is 1.63 bits per heavy atom. The number of allylic oxidation sites excluding steroid dienone is 1. The molecule has 4 rings (SSSR count). The van der Waals surface area contributed by atoms with Crippen LogP contribution in [0.5, 0.6) is 11.5 Å². The molecule has 0 aliphatic carbocycles. The Hall–Kier alpha value is -2.20. The van der Waals surface area contributed by atoms with Crippen molar-refractivity contribution in [3.63, 3.8) is 0 Å². The lowest BCUT2D eigenvalue weighted by molar-refractivity contribution is -0.147. The van der Waals surface area contributed by atoms with Gasteiger partial charge < -0.3 is 10.2 Å². The molecule has 1 aromatic rings. The van der Waals surface area contributed by atoms with Gasteiger partial charge in [-0.2, -0.15) is 5.26 Å². The summed E-state index contributed by atoms with van der Waals surface area (Å²) < 4.78 is 0.834. The molecule has 1 saturated heterocycles. The van der Waals surface area contributed by atoms with Crippen LogP contribution in [-0.4, -0.2) is 50.9 Å². The summed E-state index contributed by atoms with van der Waals surface area (Å²) in [4.78, 5) is 41.0. The van der Waals surface area contributed by atoms with Crippen LogP contribution < -0.4 is 0 Å². The number of fused-ring (bicyclic) bond motifs is 2. The molecule has 1 fully saturated rings. The third kappa shape index (κ3) is 4.94. The maximum atomic E-state index is 13.4. The number of carbonyl (C=O) groups is 3. The first-order valence-corrected chi connectivity index (χ1v) is 15.6. The van der Waals surface area contributed by atoms with Crippen LogP contribution >= 0.6 is 47.0 Å². The van der Waals surface area contributed by atoms with Crippen molar-refractivity contribution in [1.82, 2.24) is 10.0 Å². The van der Waals surface area contributed by atoms with Crippen LogP contribution in [0.15, 0.2) is 39.2 Å². The second-order valence-electron chi connectivity index (χ2n) is 10.0. The van der Waals surface area contributed by atoms with Gasteiger partial charge in [0.05, 0.1) is 28.1 Å². The van der Waals surface area contributed by atoms with Gasteiger partial charge in [-0.25, -0.2) is 10.0 Å². The molecular formula is C26H29N3O5S4. The summed E-state index contributed by atoms with van der Waals surface area (Å²) in [6.07, 6.45) is 3.31. The van der Waals surface area contributed by atoms with Gasteiger partial charge in [-0.15, -0.1) is 0 Å². The summed E-state index contributed by atoms with van der Waals surface area (Å²) in [5.41, 5.74) is -0.707. The minimum Gasteiger partial charge on any atom is -0.505 e. The molecule has 2 N–H and O–H groups in total. The highest BCUT2D eigenvalue weighted by molar-refractivity contribution is 8.26. The van der Waals surface area contributed by atoms with Gasteiger partial charge in [0.15, 0.2) is 5.78 Å². The maximum Gasteiger partial charge on any atom is 0.279 e. The number of hydrogen-bond donors (Lipinski definition) is 2. The molecule has 0 spiro atoms. The van der Waals surface area contributed by atoms with Crippen molar-refractivity contribution in [1.29, 1.82) is 5.26 Å². The highest BCUT2D eigenvalue weighted by Crippen LogP contribution is 2.68. The number of aromatic hydroxyl groups is 2. The molecule has 2 amide bonds. The van der Waals surface area contributed by atoms with E-state index in [1.807, 2.05) is 19.9 Å². The van der Waals surface area contributed by atoms with Gasteiger partial charge in [0.25, 0.3) is 11.8 Å². The van der Waals surface area contributed by atoms with Gasteiger partial charge in [0.2, 0.25) is 0 Å². The lowest BCUT2D eigenvalue weighted by Crippen LogP contribution is -2.42. The van der Waals surface area contributed by atoms with E-state index in [9.17, 15) is 29.9 Å². The SMILES string of the molecule is CCCCN1C(=O)C(=C2Sc3c(O)c4c(c(O)c3S2)SC(=C(C#N)C(=O)C(C)(C)C)S4)C(=O)N1CCCC. The van der Waals surface area contributed by atoms with E-state index in [0.29, 0.717) is 41.1 Å². The Morgan fingerprint density at radius 1 is 0.842 bits per heavy atom. The number of thioether (sulfide) groups is 4. The zero-order chi connectivity index (χ0) is 27.9. The van der Waals surface area contributed by atoms with Gasteiger partial charge in [0.1, 0.15) is 28.7 Å². The standard InChI is InChI=1S/C26H29N3O5S4/c1-6-8-10-28-22(33)14(23(34)29(28)11-9-7-2)25-37-19-15(30)17-18(16(31)20(19)38-25)36-24(35-17)13(12-27)21(32)26(3,4)5/h30-31H,6-11H2,1-5H3. The number of amides is 2. The molecule has 0 atom stereocenters. The number of Topliss-reactive ketones (excluding diaryl/α,β-unsaturated/α-hetero) is 1. The molecule has 8 nitrogen and oxygen atoms in total. The molecule has 12 heteroatoms. The van der Waals surface area contributed by atoms with E-state index in [0.717, 1.165) is 72.7 Å². The van der Waals surface area contributed by atoms with E-state index in [4.69, 9.17) is 0 Å². The number of nitrogens with zero attached hydrogens (tertiary/aromatic N) is 3. The second kappa shape index (κ2) is 11.1. The molecule has 3 heterocycles. The fraction of sp³-hybridized carbons (Fsp3) is 0.462. The summed E-state index contributed by atoms with van der Waals surface area (Å²) in [6, 6.07) is 2.00. The number of hydrazine groups is 1. The molecule has 38 heavy (non-hydrogen) atoms. The second-order valence-corrected chi connectivity index (χ2v) is 14.6. The first-order chi connectivity index (χ1) is 18.0. The third-order valence-electron chi connectivity index (χ3n) is 6.12.